The van der Waals surface area contributed by atoms with Crippen LogP contribution in [-0.4, -0.2) is 33.5 Å². The lowest BCUT2D eigenvalue weighted by atomic mass is 9.92. The SMILES string of the molecule is O=C(O)C1CCCCN1C(c1ccc(Cl)cc1)c1cnc2ccccc2c1. The van der Waals surface area contributed by atoms with E-state index in [0.29, 0.717) is 11.4 Å². The first-order chi connectivity index (χ1) is 13.1. The number of piperidine rings is 1. The normalized spacial score (nSPS) is 19.1. The molecule has 3 aromatic rings. The first-order valence-electron chi connectivity index (χ1n) is 9.22. The summed E-state index contributed by atoms with van der Waals surface area (Å²) in [6.07, 6.45) is 4.47. The summed E-state index contributed by atoms with van der Waals surface area (Å²) >= 11 is 6.09. The Hall–Kier alpha value is -2.43. The third kappa shape index (κ3) is 3.68. The van der Waals surface area contributed by atoms with Gasteiger partial charge in [-0.2, -0.15) is 0 Å². The number of aromatic nitrogens is 1. The third-order valence-corrected chi connectivity index (χ3v) is 5.53. The van der Waals surface area contributed by atoms with Gasteiger partial charge in [0, 0.05) is 16.6 Å². The second-order valence-corrected chi connectivity index (χ2v) is 7.44. The van der Waals surface area contributed by atoms with Gasteiger partial charge in [0.05, 0.1) is 11.6 Å². The minimum atomic E-state index is -0.762. The number of fused-ring (bicyclic) bond motifs is 1. The van der Waals surface area contributed by atoms with Gasteiger partial charge in [-0.05, 0) is 54.8 Å². The number of hydrogen-bond donors (Lipinski definition) is 1. The van der Waals surface area contributed by atoms with Gasteiger partial charge in [-0.3, -0.25) is 14.7 Å². The number of aliphatic carboxylic acids is 1. The Kier molecular flexibility index (Phi) is 5.10. The molecule has 1 aromatic heterocycles. The van der Waals surface area contributed by atoms with Crippen molar-refractivity contribution >= 4 is 28.5 Å². The lowest BCUT2D eigenvalue weighted by Gasteiger charge is -2.39. The zero-order valence-electron chi connectivity index (χ0n) is 14.9. The largest absolute Gasteiger partial charge is 0.480 e. The number of hydrogen-bond acceptors (Lipinski definition) is 3. The molecule has 27 heavy (non-hydrogen) atoms. The Morgan fingerprint density at radius 3 is 2.67 bits per heavy atom. The van der Waals surface area contributed by atoms with Crippen LogP contribution >= 0.6 is 11.6 Å². The average Bonchev–Trinajstić information content (AvgIpc) is 2.70. The molecule has 1 aliphatic heterocycles. The van der Waals surface area contributed by atoms with Gasteiger partial charge in [0.15, 0.2) is 0 Å². The zero-order valence-corrected chi connectivity index (χ0v) is 15.6. The van der Waals surface area contributed by atoms with Crippen molar-refractivity contribution in [3.63, 3.8) is 0 Å². The molecule has 0 spiro atoms. The third-order valence-electron chi connectivity index (χ3n) is 5.27. The number of rotatable bonds is 4. The smallest absolute Gasteiger partial charge is 0.320 e. The fraction of sp³-hybridized carbons (Fsp3) is 0.273. The van der Waals surface area contributed by atoms with Crippen LogP contribution in [0.2, 0.25) is 5.02 Å². The van der Waals surface area contributed by atoms with E-state index in [1.165, 1.54) is 0 Å². The van der Waals surface area contributed by atoms with Crippen LogP contribution in [0.25, 0.3) is 10.9 Å². The predicted octanol–water partition coefficient (Wildman–Crippen LogP) is 4.92. The van der Waals surface area contributed by atoms with Crippen molar-refractivity contribution in [2.24, 2.45) is 0 Å². The van der Waals surface area contributed by atoms with Gasteiger partial charge in [0.2, 0.25) is 0 Å². The summed E-state index contributed by atoms with van der Waals surface area (Å²) < 4.78 is 0. The standard InChI is InChI=1S/C22H21ClN2O2/c23-18-10-8-15(9-11-18)21(25-12-4-3-7-20(25)22(26)27)17-13-16-5-1-2-6-19(16)24-14-17/h1-2,5-6,8-11,13-14,20-21H,3-4,7,12H2,(H,26,27). The van der Waals surface area contributed by atoms with Gasteiger partial charge >= 0.3 is 5.97 Å². The van der Waals surface area contributed by atoms with E-state index in [0.717, 1.165) is 41.4 Å². The molecule has 0 amide bonds. The van der Waals surface area contributed by atoms with Crippen molar-refractivity contribution in [3.05, 3.63) is 76.9 Å². The maximum Gasteiger partial charge on any atom is 0.320 e. The number of carbonyl (C=O) groups is 1. The molecule has 2 unspecified atom stereocenters. The number of nitrogens with zero attached hydrogens (tertiary/aromatic N) is 2. The van der Waals surface area contributed by atoms with E-state index in [1.54, 1.807) is 0 Å². The van der Waals surface area contributed by atoms with Crippen LogP contribution in [0.1, 0.15) is 36.4 Å². The maximum absolute atomic E-state index is 11.9. The van der Waals surface area contributed by atoms with Crippen LogP contribution in [0.4, 0.5) is 0 Å². The summed E-state index contributed by atoms with van der Waals surface area (Å²) in [5, 5.41) is 11.5. The quantitative estimate of drug-likeness (QED) is 0.698. The van der Waals surface area contributed by atoms with Crippen molar-refractivity contribution in [3.8, 4) is 0 Å². The van der Waals surface area contributed by atoms with E-state index in [1.807, 2.05) is 54.7 Å². The lowest BCUT2D eigenvalue weighted by Crippen LogP contribution is -2.46. The topological polar surface area (TPSA) is 53.4 Å². The Morgan fingerprint density at radius 2 is 1.89 bits per heavy atom. The molecule has 2 heterocycles. The molecule has 4 rings (SSSR count). The lowest BCUT2D eigenvalue weighted by molar-refractivity contribution is -0.145. The van der Waals surface area contributed by atoms with E-state index in [-0.39, 0.29) is 6.04 Å². The summed E-state index contributed by atoms with van der Waals surface area (Å²) in [5.74, 6) is -0.762. The Balaban J connectivity index is 1.83. The molecule has 1 aliphatic rings. The van der Waals surface area contributed by atoms with Crippen LogP contribution in [0.5, 0.6) is 0 Å². The van der Waals surface area contributed by atoms with Gasteiger partial charge in [0.25, 0.3) is 0 Å². The Bertz CT molecular complexity index is 958. The fourth-order valence-electron chi connectivity index (χ4n) is 3.99. The number of para-hydroxylation sites is 1. The van der Waals surface area contributed by atoms with E-state index in [2.05, 4.69) is 16.0 Å². The number of halogens is 1. The molecule has 0 bridgehead atoms. The van der Waals surface area contributed by atoms with Crippen LogP contribution in [0.3, 0.4) is 0 Å². The maximum atomic E-state index is 11.9. The molecule has 1 N–H and O–H groups in total. The van der Waals surface area contributed by atoms with Crippen LogP contribution in [0.15, 0.2) is 60.8 Å². The van der Waals surface area contributed by atoms with Gasteiger partial charge in [0.1, 0.15) is 6.04 Å². The molecule has 2 aromatic carbocycles. The number of pyridine rings is 1. The first-order valence-corrected chi connectivity index (χ1v) is 9.60. The highest BCUT2D eigenvalue weighted by molar-refractivity contribution is 6.30. The van der Waals surface area contributed by atoms with Crippen molar-refractivity contribution in [1.29, 1.82) is 0 Å². The molecule has 0 saturated carbocycles. The summed E-state index contributed by atoms with van der Waals surface area (Å²) in [7, 11) is 0. The highest BCUT2D eigenvalue weighted by atomic mass is 35.5. The summed E-state index contributed by atoms with van der Waals surface area (Å²) in [5.41, 5.74) is 2.97. The fourth-order valence-corrected chi connectivity index (χ4v) is 4.11. The van der Waals surface area contributed by atoms with E-state index in [4.69, 9.17) is 11.6 Å². The minimum absolute atomic E-state index is 0.166. The second kappa shape index (κ2) is 7.67. The molecular formula is C22H21ClN2O2. The van der Waals surface area contributed by atoms with E-state index in [9.17, 15) is 9.90 Å². The molecule has 4 nitrogen and oxygen atoms in total. The molecule has 138 valence electrons. The average molecular weight is 381 g/mol. The molecule has 0 radical (unpaired) electrons. The first kappa shape index (κ1) is 18.0. The van der Waals surface area contributed by atoms with Crippen LogP contribution in [0, 0.1) is 0 Å². The molecular weight excluding hydrogens is 360 g/mol. The van der Waals surface area contributed by atoms with Crippen molar-refractivity contribution in [1.82, 2.24) is 9.88 Å². The van der Waals surface area contributed by atoms with Crippen molar-refractivity contribution in [2.45, 2.75) is 31.3 Å². The van der Waals surface area contributed by atoms with Gasteiger partial charge in [-0.15, -0.1) is 0 Å². The Morgan fingerprint density at radius 1 is 1.11 bits per heavy atom. The number of likely N-dealkylation sites (tertiary alicyclic amines) is 1. The number of benzene rings is 2. The molecule has 5 heteroatoms. The molecule has 1 fully saturated rings. The second-order valence-electron chi connectivity index (χ2n) is 7.00. The van der Waals surface area contributed by atoms with Gasteiger partial charge in [-0.25, -0.2) is 0 Å². The molecule has 0 aliphatic carbocycles. The van der Waals surface area contributed by atoms with E-state index >= 15 is 0 Å². The van der Waals surface area contributed by atoms with Crippen LogP contribution in [-0.2, 0) is 4.79 Å². The highest BCUT2D eigenvalue weighted by Gasteiger charge is 2.35. The van der Waals surface area contributed by atoms with E-state index < -0.39 is 12.0 Å². The summed E-state index contributed by atoms with van der Waals surface area (Å²) in [6, 6.07) is 17.1. The van der Waals surface area contributed by atoms with Gasteiger partial charge < -0.3 is 5.11 Å². The monoisotopic (exact) mass is 380 g/mol. The zero-order chi connectivity index (χ0) is 18.8. The Labute approximate surface area is 163 Å². The number of carboxylic acid groups (broad SMARTS) is 1. The summed E-state index contributed by atoms with van der Waals surface area (Å²) in [4.78, 5) is 18.6. The van der Waals surface area contributed by atoms with Crippen molar-refractivity contribution in [2.75, 3.05) is 6.54 Å². The molecule has 2 atom stereocenters. The van der Waals surface area contributed by atoms with Crippen LogP contribution < -0.4 is 0 Å². The van der Waals surface area contributed by atoms with Gasteiger partial charge in [-0.1, -0.05) is 48.4 Å². The predicted molar refractivity (Wildman–Crippen MR) is 107 cm³/mol. The minimum Gasteiger partial charge on any atom is -0.480 e. The van der Waals surface area contributed by atoms with Crippen molar-refractivity contribution < 1.29 is 9.90 Å². The summed E-state index contributed by atoms with van der Waals surface area (Å²) in [6.45, 7) is 0.747. The highest BCUT2D eigenvalue weighted by Crippen LogP contribution is 2.35. The molecule has 1 saturated heterocycles. The number of carboxylic acids is 1.